The second-order valence-corrected chi connectivity index (χ2v) is 8.11. The predicted octanol–water partition coefficient (Wildman–Crippen LogP) is 3.57. The second kappa shape index (κ2) is 8.41. The Morgan fingerprint density at radius 1 is 1.33 bits per heavy atom. The normalized spacial score (nSPS) is 16.4. The molecule has 0 unspecified atom stereocenters. The number of rotatable bonds is 6. The van der Waals surface area contributed by atoms with E-state index in [1.165, 1.54) is 0 Å². The first-order valence-electron chi connectivity index (χ1n) is 8.89. The fourth-order valence-corrected chi connectivity index (χ4v) is 2.35. The molecule has 1 aliphatic heterocycles. The number of amides is 1. The first kappa shape index (κ1) is 20.7. The molecule has 27 heavy (non-hydrogen) atoms. The number of carbonyl (C=O) groups excluding carboxylic acids is 1. The molecule has 1 aromatic rings. The Morgan fingerprint density at radius 2 is 2.00 bits per heavy atom. The molecule has 1 amide bonds. The number of aliphatic imine (C=N–C) groups is 1. The Balaban J connectivity index is 1.82. The molecule has 1 aliphatic rings. The van der Waals surface area contributed by atoms with Crippen molar-refractivity contribution >= 4 is 11.9 Å². The van der Waals surface area contributed by atoms with Crippen LogP contribution >= 0.6 is 0 Å². The topological polar surface area (TPSA) is 72.0 Å². The van der Waals surface area contributed by atoms with Gasteiger partial charge in [-0.15, -0.1) is 0 Å². The molecule has 6 nitrogen and oxygen atoms in total. The fourth-order valence-electron chi connectivity index (χ4n) is 2.35. The van der Waals surface area contributed by atoms with Crippen LogP contribution in [0, 0.1) is 0 Å². The van der Waals surface area contributed by atoms with E-state index in [1.807, 2.05) is 24.3 Å². The molecule has 148 valence electrons. The summed E-state index contributed by atoms with van der Waals surface area (Å²) < 4.78 is 23.7. The second-order valence-electron chi connectivity index (χ2n) is 8.11. The minimum Gasteiger partial charge on any atom is -0.489 e. The SMILES string of the molecule is CC1(C)CN=C(c2ccc(OC/C(=C/F)CNC(=O)OC(C)(C)C)cc2)N1. The van der Waals surface area contributed by atoms with Gasteiger partial charge in [-0.25, -0.2) is 9.18 Å². The lowest BCUT2D eigenvalue weighted by Gasteiger charge is -2.20. The van der Waals surface area contributed by atoms with E-state index >= 15 is 0 Å². The third-order valence-corrected chi connectivity index (χ3v) is 3.65. The van der Waals surface area contributed by atoms with Gasteiger partial charge < -0.3 is 20.1 Å². The van der Waals surface area contributed by atoms with Gasteiger partial charge in [0.15, 0.2) is 0 Å². The molecular weight excluding hydrogens is 349 g/mol. The number of benzene rings is 1. The number of ether oxygens (including phenoxy) is 2. The van der Waals surface area contributed by atoms with E-state index in [0.717, 1.165) is 17.9 Å². The number of amidine groups is 1. The molecule has 0 spiro atoms. The van der Waals surface area contributed by atoms with Gasteiger partial charge in [-0.05, 0) is 58.9 Å². The van der Waals surface area contributed by atoms with Crippen LogP contribution in [0.3, 0.4) is 0 Å². The smallest absolute Gasteiger partial charge is 0.407 e. The molecule has 0 atom stereocenters. The highest BCUT2D eigenvalue weighted by Crippen LogP contribution is 2.17. The molecule has 0 aromatic heterocycles. The molecule has 0 bridgehead atoms. The Bertz CT molecular complexity index is 719. The first-order chi connectivity index (χ1) is 12.6. The molecule has 0 saturated heterocycles. The van der Waals surface area contributed by atoms with Crippen molar-refractivity contribution in [3.8, 4) is 5.75 Å². The van der Waals surface area contributed by atoms with E-state index in [-0.39, 0.29) is 18.7 Å². The van der Waals surface area contributed by atoms with E-state index in [4.69, 9.17) is 9.47 Å². The Hall–Kier alpha value is -2.57. The number of alkyl carbamates (subject to hydrolysis) is 1. The summed E-state index contributed by atoms with van der Waals surface area (Å²) in [5.41, 5.74) is 0.636. The van der Waals surface area contributed by atoms with E-state index in [9.17, 15) is 9.18 Å². The van der Waals surface area contributed by atoms with Crippen LogP contribution in [0.15, 0.2) is 41.2 Å². The molecule has 0 fully saturated rings. The van der Waals surface area contributed by atoms with Crippen LogP contribution < -0.4 is 15.4 Å². The summed E-state index contributed by atoms with van der Waals surface area (Å²) >= 11 is 0. The maximum absolute atomic E-state index is 13.0. The van der Waals surface area contributed by atoms with Crippen molar-refractivity contribution in [1.82, 2.24) is 10.6 Å². The summed E-state index contributed by atoms with van der Waals surface area (Å²) in [6, 6.07) is 7.42. The average Bonchev–Trinajstić information content (AvgIpc) is 2.94. The lowest BCUT2D eigenvalue weighted by atomic mass is 10.1. The van der Waals surface area contributed by atoms with Gasteiger partial charge in [-0.2, -0.15) is 0 Å². The van der Waals surface area contributed by atoms with Crippen LogP contribution in [0.2, 0.25) is 0 Å². The van der Waals surface area contributed by atoms with Crippen LogP contribution in [-0.2, 0) is 4.74 Å². The Labute approximate surface area is 159 Å². The minimum absolute atomic E-state index is 0.0132. The molecule has 7 heteroatoms. The van der Waals surface area contributed by atoms with Crippen LogP contribution in [-0.4, -0.2) is 42.8 Å². The third kappa shape index (κ3) is 6.92. The van der Waals surface area contributed by atoms with Crippen LogP contribution in [0.25, 0.3) is 0 Å². The van der Waals surface area contributed by atoms with Crippen molar-refractivity contribution in [2.24, 2.45) is 4.99 Å². The molecule has 0 aliphatic carbocycles. The molecule has 1 heterocycles. The van der Waals surface area contributed by atoms with E-state index in [1.54, 1.807) is 20.8 Å². The highest BCUT2D eigenvalue weighted by Gasteiger charge is 2.25. The standard InChI is InChI=1S/C20H28FN3O3/c1-19(2,3)27-18(25)22-11-14(10-21)12-26-16-8-6-15(7-9-16)17-23-13-20(4,5)24-17/h6-10H,11-13H2,1-5H3,(H,22,25)(H,23,24)/b14-10+. The van der Waals surface area contributed by atoms with Crippen molar-refractivity contribution in [3.63, 3.8) is 0 Å². The van der Waals surface area contributed by atoms with Crippen LogP contribution in [0.1, 0.15) is 40.2 Å². The van der Waals surface area contributed by atoms with E-state index in [2.05, 4.69) is 29.5 Å². The van der Waals surface area contributed by atoms with Gasteiger partial charge in [-0.3, -0.25) is 4.99 Å². The van der Waals surface area contributed by atoms with Crippen molar-refractivity contribution in [3.05, 3.63) is 41.7 Å². The summed E-state index contributed by atoms with van der Waals surface area (Å²) in [6.07, 6.45) is -0.163. The lowest BCUT2D eigenvalue weighted by molar-refractivity contribution is 0.0531. The lowest BCUT2D eigenvalue weighted by Crippen LogP contribution is -2.39. The molecule has 0 radical (unpaired) electrons. The number of hydrogen-bond acceptors (Lipinski definition) is 5. The van der Waals surface area contributed by atoms with Gasteiger partial charge in [-0.1, -0.05) is 0 Å². The molecule has 2 N–H and O–H groups in total. The van der Waals surface area contributed by atoms with Gasteiger partial charge in [0.1, 0.15) is 23.8 Å². The summed E-state index contributed by atoms with van der Waals surface area (Å²) in [5.74, 6) is 1.46. The van der Waals surface area contributed by atoms with Crippen LogP contribution in [0.5, 0.6) is 5.75 Å². The largest absolute Gasteiger partial charge is 0.489 e. The van der Waals surface area contributed by atoms with Crippen LogP contribution in [0.4, 0.5) is 9.18 Å². The predicted molar refractivity (Wildman–Crippen MR) is 104 cm³/mol. The van der Waals surface area contributed by atoms with E-state index in [0.29, 0.717) is 17.7 Å². The molecule has 2 rings (SSSR count). The number of nitrogens with one attached hydrogen (secondary N) is 2. The Morgan fingerprint density at radius 3 is 2.52 bits per heavy atom. The Kier molecular flexibility index (Phi) is 6.46. The third-order valence-electron chi connectivity index (χ3n) is 3.65. The monoisotopic (exact) mass is 377 g/mol. The van der Waals surface area contributed by atoms with Crippen molar-refractivity contribution in [2.75, 3.05) is 19.7 Å². The average molecular weight is 377 g/mol. The molecule has 0 saturated carbocycles. The maximum atomic E-state index is 13.0. The maximum Gasteiger partial charge on any atom is 0.407 e. The number of carbonyl (C=O) groups is 1. The zero-order chi connectivity index (χ0) is 20.1. The highest BCUT2D eigenvalue weighted by molar-refractivity contribution is 6.00. The van der Waals surface area contributed by atoms with Crippen molar-refractivity contribution in [2.45, 2.75) is 45.8 Å². The first-order valence-corrected chi connectivity index (χ1v) is 8.89. The fraction of sp³-hybridized carbons (Fsp3) is 0.500. The van der Waals surface area contributed by atoms with Gasteiger partial charge in [0.2, 0.25) is 0 Å². The zero-order valence-corrected chi connectivity index (χ0v) is 16.6. The van der Waals surface area contributed by atoms with E-state index < -0.39 is 11.7 Å². The summed E-state index contributed by atoms with van der Waals surface area (Å²) in [7, 11) is 0. The van der Waals surface area contributed by atoms with Gasteiger partial charge in [0.05, 0.1) is 18.4 Å². The zero-order valence-electron chi connectivity index (χ0n) is 16.6. The summed E-state index contributed by atoms with van der Waals surface area (Å²) in [4.78, 5) is 16.1. The van der Waals surface area contributed by atoms with Gasteiger partial charge in [0.25, 0.3) is 0 Å². The number of hydrogen-bond donors (Lipinski definition) is 2. The highest BCUT2D eigenvalue weighted by atomic mass is 19.1. The molecular formula is C20H28FN3O3. The van der Waals surface area contributed by atoms with Gasteiger partial charge >= 0.3 is 6.09 Å². The summed E-state index contributed by atoms with van der Waals surface area (Å²) in [6.45, 7) is 10.2. The minimum atomic E-state index is -0.602. The summed E-state index contributed by atoms with van der Waals surface area (Å²) in [5, 5.41) is 5.87. The molecule has 1 aromatic carbocycles. The van der Waals surface area contributed by atoms with Crippen molar-refractivity contribution in [1.29, 1.82) is 0 Å². The number of halogens is 1. The quantitative estimate of drug-likeness (QED) is 0.795. The van der Waals surface area contributed by atoms with Crippen molar-refractivity contribution < 1.29 is 18.7 Å². The number of nitrogens with zero attached hydrogens (tertiary/aromatic N) is 1. The van der Waals surface area contributed by atoms with Gasteiger partial charge in [0, 0.05) is 17.7 Å².